The molecule has 31 heavy (non-hydrogen) atoms. The van der Waals surface area contributed by atoms with Crippen LogP contribution in [0.2, 0.25) is 0 Å². The van der Waals surface area contributed by atoms with E-state index in [0.29, 0.717) is 11.1 Å². The summed E-state index contributed by atoms with van der Waals surface area (Å²) in [6.45, 7) is 0. The first kappa shape index (κ1) is 17.5. The van der Waals surface area contributed by atoms with Crippen molar-refractivity contribution < 1.29 is 0 Å². The first-order chi connectivity index (χ1) is 15.2. The standard InChI is InChI=1S/C28H17N3/c1-31-26-8-4-2-6-22(26)28(23-7-3-5-9-27(23)31)24-14-18(16-29)10-12-20(24)21-13-11-19(17-30)15-25(21)28/h2-15H,1H3. The van der Waals surface area contributed by atoms with Crippen molar-refractivity contribution >= 4 is 11.4 Å². The van der Waals surface area contributed by atoms with E-state index in [4.69, 9.17) is 0 Å². The highest BCUT2D eigenvalue weighted by molar-refractivity contribution is 5.93. The van der Waals surface area contributed by atoms with E-state index in [1.54, 1.807) is 0 Å². The molecule has 1 heterocycles. The molecule has 0 saturated heterocycles. The van der Waals surface area contributed by atoms with Gasteiger partial charge in [-0.15, -0.1) is 0 Å². The van der Waals surface area contributed by atoms with Crippen LogP contribution in [0.5, 0.6) is 0 Å². The van der Waals surface area contributed by atoms with Crippen LogP contribution < -0.4 is 4.90 Å². The maximum absolute atomic E-state index is 9.69. The second-order valence-electron chi connectivity index (χ2n) is 8.09. The molecule has 0 fully saturated rings. The average molecular weight is 395 g/mol. The lowest BCUT2D eigenvalue weighted by atomic mass is 9.64. The molecule has 0 N–H and O–H groups in total. The number of anilines is 2. The fourth-order valence-corrected chi connectivity index (χ4v) is 5.48. The van der Waals surface area contributed by atoms with Crippen LogP contribution in [0.3, 0.4) is 0 Å². The van der Waals surface area contributed by atoms with Crippen LogP contribution in [0.15, 0.2) is 84.9 Å². The SMILES string of the molecule is CN1c2ccccc2C2(c3cc(C#N)ccc3-c3ccc(C#N)cc32)c2ccccc21. The second kappa shape index (κ2) is 6.08. The molecule has 0 aromatic heterocycles. The Morgan fingerprint density at radius 3 is 1.52 bits per heavy atom. The number of rotatable bonds is 0. The molecule has 1 spiro atoms. The number of para-hydroxylation sites is 2. The van der Waals surface area contributed by atoms with E-state index in [9.17, 15) is 10.5 Å². The number of benzene rings is 4. The van der Waals surface area contributed by atoms with Crippen molar-refractivity contribution in [1.29, 1.82) is 10.5 Å². The number of nitriles is 2. The molecular weight excluding hydrogens is 378 g/mol. The number of hydrogen-bond donors (Lipinski definition) is 0. The van der Waals surface area contributed by atoms with Crippen molar-refractivity contribution in [2.45, 2.75) is 5.41 Å². The summed E-state index contributed by atoms with van der Waals surface area (Å²) in [6.07, 6.45) is 0. The molecule has 144 valence electrons. The predicted molar refractivity (Wildman–Crippen MR) is 121 cm³/mol. The summed E-state index contributed by atoms with van der Waals surface area (Å²) in [4.78, 5) is 2.23. The van der Waals surface area contributed by atoms with Crippen molar-refractivity contribution in [1.82, 2.24) is 0 Å². The normalized spacial score (nSPS) is 14.1. The largest absolute Gasteiger partial charge is 0.344 e. The van der Waals surface area contributed by atoms with Gasteiger partial charge >= 0.3 is 0 Å². The van der Waals surface area contributed by atoms with Crippen LogP contribution in [-0.2, 0) is 5.41 Å². The van der Waals surface area contributed by atoms with E-state index in [1.807, 2.05) is 24.3 Å². The number of nitrogens with zero attached hydrogens (tertiary/aromatic N) is 3. The molecule has 4 aromatic rings. The van der Waals surface area contributed by atoms with E-state index in [2.05, 4.69) is 84.7 Å². The molecule has 0 radical (unpaired) electrons. The van der Waals surface area contributed by atoms with Crippen molar-refractivity contribution in [3.8, 4) is 23.3 Å². The summed E-state index contributed by atoms with van der Waals surface area (Å²) < 4.78 is 0. The fourth-order valence-electron chi connectivity index (χ4n) is 5.48. The molecule has 1 aliphatic heterocycles. The Kier molecular flexibility index (Phi) is 3.43. The molecule has 0 atom stereocenters. The number of fused-ring (bicyclic) bond motifs is 9. The number of hydrogen-bond acceptors (Lipinski definition) is 3. The Morgan fingerprint density at radius 1 is 0.613 bits per heavy atom. The van der Waals surface area contributed by atoms with Crippen LogP contribution in [0.4, 0.5) is 11.4 Å². The van der Waals surface area contributed by atoms with Gasteiger partial charge in [0.05, 0.1) is 28.7 Å². The molecule has 1 aliphatic carbocycles. The van der Waals surface area contributed by atoms with Crippen LogP contribution in [0, 0.1) is 22.7 Å². The molecule has 4 aromatic carbocycles. The highest BCUT2D eigenvalue weighted by atomic mass is 15.1. The van der Waals surface area contributed by atoms with Gasteiger partial charge in [-0.2, -0.15) is 10.5 Å². The minimum atomic E-state index is -0.579. The van der Waals surface area contributed by atoms with Crippen molar-refractivity contribution in [2.75, 3.05) is 11.9 Å². The zero-order chi connectivity index (χ0) is 21.2. The molecule has 0 saturated carbocycles. The molecule has 3 nitrogen and oxygen atoms in total. The van der Waals surface area contributed by atoms with Gasteiger partial charge in [0.2, 0.25) is 0 Å². The monoisotopic (exact) mass is 395 g/mol. The molecule has 6 rings (SSSR count). The lowest BCUT2D eigenvalue weighted by molar-refractivity contribution is 0.747. The van der Waals surface area contributed by atoms with Gasteiger partial charge in [0.25, 0.3) is 0 Å². The third-order valence-electron chi connectivity index (χ3n) is 6.73. The van der Waals surface area contributed by atoms with Gasteiger partial charge in [-0.25, -0.2) is 0 Å². The highest BCUT2D eigenvalue weighted by Gasteiger charge is 2.51. The van der Waals surface area contributed by atoms with Gasteiger partial charge in [0, 0.05) is 18.4 Å². The van der Waals surface area contributed by atoms with Gasteiger partial charge in [0.1, 0.15) is 0 Å². The smallest absolute Gasteiger partial charge is 0.0991 e. The Balaban J connectivity index is 1.87. The van der Waals surface area contributed by atoms with Crippen molar-refractivity contribution in [2.24, 2.45) is 0 Å². The molecule has 0 bridgehead atoms. The van der Waals surface area contributed by atoms with Gasteiger partial charge < -0.3 is 4.90 Å². The lowest BCUT2D eigenvalue weighted by Gasteiger charge is -2.43. The first-order valence-corrected chi connectivity index (χ1v) is 10.2. The van der Waals surface area contributed by atoms with Gasteiger partial charge in [-0.05, 0) is 69.8 Å². The van der Waals surface area contributed by atoms with E-state index in [0.717, 1.165) is 33.6 Å². The Hall–Kier alpha value is -4.34. The van der Waals surface area contributed by atoms with Gasteiger partial charge in [-0.3, -0.25) is 0 Å². The van der Waals surface area contributed by atoms with E-state index in [-0.39, 0.29) is 0 Å². The third kappa shape index (κ3) is 2.05. The quantitative estimate of drug-likeness (QED) is 0.329. The minimum Gasteiger partial charge on any atom is -0.344 e. The van der Waals surface area contributed by atoms with Crippen LogP contribution in [-0.4, -0.2) is 7.05 Å². The first-order valence-electron chi connectivity index (χ1n) is 10.2. The summed E-state index contributed by atoms with van der Waals surface area (Å²) in [7, 11) is 2.10. The van der Waals surface area contributed by atoms with Gasteiger partial charge in [0.15, 0.2) is 0 Å². The highest BCUT2D eigenvalue weighted by Crippen LogP contribution is 2.62. The third-order valence-corrected chi connectivity index (χ3v) is 6.73. The topological polar surface area (TPSA) is 50.8 Å². The summed E-state index contributed by atoms with van der Waals surface area (Å²) in [5, 5.41) is 19.4. The molecule has 2 aliphatic rings. The van der Waals surface area contributed by atoms with Gasteiger partial charge in [-0.1, -0.05) is 48.5 Å². The second-order valence-corrected chi connectivity index (χ2v) is 8.09. The summed E-state index contributed by atoms with van der Waals surface area (Å²) in [5.41, 5.74) is 9.73. The van der Waals surface area contributed by atoms with Crippen LogP contribution >= 0.6 is 0 Å². The minimum absolute atomic E-state index is 0.579. The average Bonchev–Trinajstić information content (AvgIpc) is 3.12. The Labute approximate surface area is 181 Å². The maximum atomic E-state index is 9.69. The van der Waals surface area contributed by atoms with E-state index in [1.165, 1.54) is 11.1 Å². The van der Waals surface area contributed by atoms with Crippen molar-refractivity contribution in [3.05, 3.63) is 118 Å². The molecular formula is C28H17N3. The Bertz CT molecular complexity index is 1370. The molecule has 0 unspecified atom stereocenters. The van der Waals surface area contributed by atoms with E-state index < -0.39 is 5.41 Å². The zero-order valence-corrected chi connectivity index (χ0v) is 16.9. The Morgan fingerprint density at radius 2 is 1.06 bits per heavy atom. The predicted octanol–water partition coefficient (Wildman–Crippen LogP) is 5.87. The van der Waals surface area contributed by atoms with Crippen molar-refractivity contribution in [3.63, 3.8) is 0 Å². The van der Waals surface area contributed by atoms with Crippen LogP contribution in [0.25, 0.3) is 11.1 Å². The maximum Gasteiger partial charge on any atom is 0.0991 e. The van der Waals surface area contributed by atoms with Crippen LogP contribution in [0.1, 0.15) is 33.4 Å². The molecule has 0 amide bonds. The summed E-state index contributed by atoms with van der Waals surface area (Å²) in [5.74, 6) is 0. The zero-order valence-electron chi connectivity index (χ0n) is 16.9. The lowest BCUT2D eigenvalue weighted by Crippen LogP contribution is -2.36. The molecule has 3 heteroatoms. The van der Waals surface area contributed by atoms with E-state index >= 15 is 0 Å². The fraction of sp³-hybridized carbons (Fsp3) is 0.0714. The summed E-state index contributed by atoms with van der Waals surface area (Å²) in [6, 6.07) is 33.5. The summed E-state index contributed by atoms with van der Waals surface area (Å²) >= 11 is 0.